The van der Waals surface area contributed by atoms with Crippen LogP contribution >= 0.6 is 0 Å². The molecule has 2 amide bonds. The average molecular weight is 308 g/mol. The Morgan fingerprint density at radius 1 is 0.957 bits per heavy atom. The molecule has 1 aliphatic carbocycles. The highest BCUT2D eigenvalue weighted by atomic mass is 16.2. The van der Waals surface area contributed by atoms with Gasteiger partial charge in [-0.2, -0.15) is 0 Å². The minimum atomic E-state index is -0.0472. The van der Waals surface area contributed by atoms with Crippen LogP contribution in [0.5, 0.6) is 0 Å². The zero-order chi connectivity index (χ0) is 16.2. The first-order valence-corrected chi connectivity index (χ1v) is 7.87. The van der Waals surface area contributed by atoms with Crippen LogP contribution in [0, 0.1) is 12.8 Å². The van der Waals surface area contributed by atoms with E-state index in [0.717, 1.165) is 35.3 Å². The highest BCUT2D eigenvalue weighted by Gasteiger charge is 2.29. The van der Waals surface area contributed by atoms with Crippen LogP contribution in [0.4, 0.5) is 11.4 Å². The second-order valence-corrected chi connectivity index (χ2v) is 5.99. The topological polar surface area (TPSA) is 58.2 Å². The third-order valence-corrected chi connectivity index (χ3v) is 4.00. The Labute approximate surface area is 135 Å². The zero-order valence-electron chi connectivity index (χ0n) is 13.1. The molecule has 4 nitrogen and oxygen atoms in total. The Balaban J connectivity index is 1.56. The van der Waals surface area contributed by atoms with E-state index in [4.69, 9.17) is 0 Å². The predicted octanol–water partition coefficient (Wildman–Crippen LogP) is 3.52. The number of amides is 2. The molecular formula is C19H20N2O2. The van der Waals surface area contributed by atoms with E-state index in [1.54, 1.807) is 12.1 Å². The highest BCUT2D eigenvalue weighted by Crippen LogP contribution is 2.30. The molecular weight excluding hydrogens is 288 g/mol. The van der Waals surface area contributed by atoms with Gasteiger partial charge in [-0.3, -0.25) is 9.59 Å². The molecule has 2 aromatic rings. The Kier molecular flexibility index (Phi) is 4.42. The van der Waals surface area contributed by atoms with Gasteiger partial charge in [0.1, 0.15) is 0 Å². The maximum atomic E-state index is 12.1. The first kappa shape index (κ1) is 15.3. The first-order chi connectivity index (χ1) is 11.1. The molecule has 0 aliphatic heterocycles. The van der Waals surface area contributed by atoms with Gasteiger partial charge in [-0.05, 0) is 55.2 Å². The minimum Gasteiger partial charge on any atom is -0.326 e. The molecule has 0 aromatic heterocycles. The van der Waals surface area contributed by atoms with E-state index in [1.807, 2.05) is 43.3 Å². The van der Waals surface area contributed by atoms with Gasteiger partial charge in [0.25, 0.3) is 0 Å². The molecule has 1 fully saturated rings. The quantitative estimate of drug-likeness (QED) is 0.888. The number of aryl methyl sites for hydroxylation is 1. The van der Waals surface area contributed by atoms with Crippen LogP contribution < -0.4 is 10.6 Å². The molecule has 23 heavy (non-hydrogen) atoms. The Hall–Kier alpha value is -2.62. The average Bonchev–Trinajstić information content (AvgIpc) is 3.36. The molecule has 0 atom stereocenters. The number of carbonyl (C=O) groups excluding carboxylic acids is 2. The lowest BCUT2D eigenvalue weighted by Gasteiger charge is -2.09. The normalized spacial score (nSPS) is 13.4. The van der Waals surface area contributed by atoms with E-state index in [1.165, 1.54) is 0 Å². The Bertz CT molecular complexity index is 718. The van der Waals surface area contributed by atoms with Crippen LogP contribution in [0.1, 0.15) is 24.0 Å². The number of anilines is 2. The Morgan fingerprint density at radius 2 is 1.57 bits per heavy atom. The standard InChI is InChI=1S/C19H20N2O2/c1-13-4-2-3-5-15(13)12-18(22)20-16-8-10-17(11-9-16)21-19(23)14-6-7-14/h2-5,8-11,14H,6-7,12H2,1H3,(H,20,22)(H,21,23). The summed E-state index contributed by atoms with van der Waals surface area (Å²) in [7, 11) is 0. The Morgan fingerprint density at radius 3 is 2.17 bits per heavy atom. The number of carbonyl (C=O) groups is 2. The molecule has 1 saturated carbocycles. The van der Waals surface area contributed by atoms with Crippen LogP contribution in [0.3, 0.4) is 0 Å². The van der Waals surface area contributed by atoms with Gasteiger partial charge in [-0.1, -0.05) is 24.3 Å². The number of hydrogen-bond donors (Lipinski definition) is 2. The molecule has 3 rings (SSSR count). The molecule has 0 unspecified atom stereocenters. The zero-order valence-corrected chi connectivity index (χ0v) is 13.1. The van der Waals surface area contributed by atoms with Crippen molar-refractivity contribution in [2.24, 2.45) is 5.92 Å². The van der Waals surface area contributed by atoms with Gasteiger partial charge >= 0.3 is 0 Å². The summed E-state index contributed by atoms with van der Waals surface area (Å²) in [6, 6.07) is 15.1. The van der Waals surface area contributed by atoms with Crippen molar-refractivity contribution >= 4 is 23.2 Å². The summed E-state index contributed by atoms with van der Waals surface area (Å²) in [5, 5.41) is 5.76. The van der Waals surface area contributed by atoms with E-state index in [9.17, 15) is 9.59 Å². The summed E-state index contributed by atoms with van der Waals surface area (Å²) in [6.45, 7) is 2.00. The van der Waals surface area contributed by atoms with Crippen LogP contribution in [0.2, 0.25) is 0 Å². The van der Waals surface area contributed by atoms with Crippen LogP contribution in [0.25, 0.3) is 0 Å². The van der Waals surface area contributed by atoms with Crippen molar-refractivity contribution in [3.05, 3.63) is 59.7 Å². The third-order valence-electron chi connectivity index (χ3n) is 4.00. The van der Waals surface area contributed by atoms with Crippen molar-refractivity contribution in [3.63, 3.8) is 0 Å². The van der Waals surface area contributed by atoms with Crippen LogP contribution in [0.15, 0.2) is 48.5 Å². The smallest absolute Gasteiger partial charge is 0.228 e. The molecule has 0 saturated heterocycles. The molecule has 118 valence electrons. The van der Waals surface area contributed by atoms with Gasteiger partial charge in [0, 0.05) is 17.3 Å². The van der Waals surface area contributed by atoms with E-state index < -0.39 is 0 Å². The summed E-state index contributed by atoms with van der Waals surface area (Å²) >= 11 is 0. The van der Waals surface area contributed by atoms with Crippen molar-refractivity contribution in [2.75, 3.05) is 10.6 Å². The third kappa shape index (κ3) is 4.19. The van der Waals surface area contributed by atoms with E-state index in [-0.39, 0.29) is 17.7 Å². The van der Waals surface area contributed by atoms with Crippen molar-refractivity contribution in [2.45, 2.75) is 26.2 Å². The molecule has 0 radical (unpaired) electrons. The van der Waals surface area contributed by atoms with Crippen molar-refractivity contribution in [3.8, 4) is 0 Å². The van der Waals surface area contributed by atoms with Gasteiger partial charge in [0.15, 0.2) is 0 Å². The number of nitrogens with one attached hydrogen (secondary N) is 2. The minimum absolute atomic E-state index is 0.0472. The largest absolute Gasteiger partial charge is 0.326 e. The summed E-state index contributed by atoms with van der Waals surface area (Å²) < 4.78 is 0. The number of benzene rings is 2. The first-order valence-electron chi connectivity index (χ1n) is 7.87. The monoisotopic (exact) mass is 308 g/mol. The van der Waals surface area contributed by atoms with Gasteiger partial charge in [0.05, 0.1) is 6.42 Å². The van der Waals surface area contributed by atoms with Crippen molar-refractivity contribution in [1.82, 2.24) is 0 Å². The number of hydrogen-bond acceptors (Lipinski definition) is 2. The van der Waals surface area contributed by atoms with E-state index in [0.29, 0.717) is 6.42 Å². The van der Waals surface area contributed by atoms with Gasteiger partial charge in [-0.15, -0.1) is 0 Å². The fourth-order valence-corrected chi connectivity index (χ4v) is 2.41. The predicted molar refractivity (Wildman–Crippen MR) is 91.3 cm³/mol. The van der Waals surface area contributed by atoms with Gasteiger partial charge < -0.3 is 10.6 Å². The van der Waals surface area contributed by atoms with Crippen LogP contribution in [-0.4, -0.2) is 11.8 Å². The molecule has 2 N–H and O–H groups in total. The molecule has 1 aliphatic rings. The van der Waals surface area contributed by atoms with Crippen LogP contribution in [-0.2, 0) is 16.0 Å². The fraction of sp³-hybridized carbons (Fsp3) is 0.263. The lowest BCUT2D eigenvalue weighted by molar-refractivity contribution is -0.117. The summed E-state index contributed by atoms with van der Waals surface area (Å²) in [5.41, 5.74) is 3.63. The lowest BCUT2D eigenvalue weighted by atomic mass is 10.1. The summed E-state index contributed by atoms with van der Waals surface area (Å²) in [5.74, 6) is 0.221. The van der Waals surface area contributed by atoms with Gasteiger partial charge in [-0.25, -0.2) is 0 Å². The summed E-state index contributed by atoms with van der Waals surface area (Å²) in [4.78, 5) is 23.8. The second-order valence-electron chi connectivity index (χ2n) is 5.99. The molecule has 0 heterocycles. The molecule has 4 heteroatoms. The van der Waals surface area contributed by atoms with E-state index >= 15 is 0 Å². The number of rotatable bonds is 5. The molecule has 2 aromatic carbocycles. The van der Waals surface area contributed by atoms with Gasteiger partial charge in [0.2, 0.25) is 11.8 Å². The highest BCUT2D eigenvalue weighted by molar-refractivity contribution is 5.95. The van der Waals surface area contributed by atoms with Crippen molar-refractivity contribution < 1.29 is 9.59 Å². The molecule has 0 bridgehead atoms. The van der Waals surface area contributed by atoms with E-state index in [2.05, 4.69) is 10.6 Å². The summed E-state index contributed by atoms with van der Waals surface area (Å²) in [6.07, 6.45) is 2.32. The lowest BCUT2D eigenvalue weighted by Crippen LogP contribution is -2.15. The fourth-order valence-electron chi connectivity index (χ4n) is 2.41. The molecule has 0 spiro atoms. The SMILES string of the molecule is Cc1ccccc1CC(=O)Nc1ccc(NC(=O)C2CC2)cc1. The second kappa shape index (κ2) is 6.65. The maximum absolute atomic E-state index is 12.1. The van der Waals surface area contributed by atoms with Crippen molar-refractivity contribution in [1.29, 1.82) is 0 Å². The maximum Gasteiger partial charge on any atom is 0.228 e.